The van der Waals surface area contributed by atoms with E-state index in [4.69, 9.17) is 0 Å². The van der Waals surface area contributed by atoms with Crippen LogP contribution in [-0.4, -0.2) is 17.2 Å². The minimum Gasteiger partial charge on any atom is -0.311 e. The predicted octanol–water partition coefficient (Wildman–Crippen LogP) is 3.25. The molecule has 1 aromatic carbocycles. The molecule has 1 unspecified atom stereocenters. The maximum absolute atomic E-state index is 4.20. The Morgan fingerprint density at radius 1 is 1.25 bits per heavy atom. The molecule has 0 fully saturated rings. The maximum atomic E-state index is 4.20. The van der Waals surface area contributed by atoms with Crippen LogP contribution in [0.5, 0.6) is 0 Å². The molecule has 0 spiro atoms. The van der Waals surface area contributed by atoms with Gasteiger partial charge in [0.1, 0.15) is 10.0 Å². The second-order valence-electron chi connectivity index (χ2n) is 3.46. The lowest BCUT2D eigenvalue weighted by Gasteiger charge is -2.02. The third kappa shape index (κ3) is 2.48. The van der Waals surface area contributed by atoms with Gasteiger partial charge in [-0.1, -0.05) is 39.4 Å². The predicted molar refractivity (Wildman–Crippen MR) is 70.5 cm³/mol. The Morgan fingerprint density at radius 3 is 2.56 bits per heavy atom. The molecule has 0 aliphatic heterocycles. The van der Waals surface area contributed by atoms with Crippen LogP contribution in [0.15, 0.2) is 28.7 Å². The van der Waals surface area contributed by atoms with E-state index in [-0.39, 0.29) is 6.04 Å². The van der Waals surface area contributed by atoms with E-state index in [2.05, 4.69) is 38.4 Å². The zero-order chi connectivity index (χ0) is 11.5. The summed E-state index contributed by atoms with van der Waals surface area (Å²) in [6.45, 7) is 2.08. The van der Waals surface area contributed by atoms with E-state index in [1.807, 2.05) is 31.3 Å². The number of aromatic nitrogens is 2. The average molecular weight is 298 g/mol. The van der Waals surface area contributed by atoms with Gasteiger partial charge in [-0.15, -0.1) is 10.2 Å². The lowest BCUT2D eigenvalue weighted by atomic mass is 10.2. The van der Waals surface area contributed by atoms with Gasteiger partial charge in [-0.25, -0.2) is 0 Å². The zero-order valence-corrected chi connectivity index (χ0v) is 11.5. The van der Waals surface area contributed by atoms with Crippen LogP contribution in [0.4, 0.5) is 0 Å². The first-order chi connectivity index (χ1) is 7.70. The number of nitrogens with one attached hydrogen (secondary N) is 1. The van der Waals surface area contributed by atoms with Crippen LogP contribution in [0.25, 0.3) is 10.6 Å². The minimum absolute atomic E-state index is 0.252. The molecule has 0 aliphatic rings. The number of halogens is 1. The van der Waals surface area contributed by atoms with Crippen molar-refractivity contribution in [3.63, 3.8) is 0 Å². The maximum Gasteiger partial charge on any atom is 0.147 e. The highest BCUT2D eigenvalue weighted by atomic mass is 79.9. The summed E-state index contributed by atoms with van der Waals surface area (Å²) in [6, 6.07) is 8.36. The van der Waals surface area contributed by atoms with Crippen LogP contribution in [0.1, 0.15) is 18.0 Å². The monoisotopic (exact) mass is 297 g/mol. The highest BCUT2D eigenvalue weighted by Gasteiger charge is 2.10. The van der Waals surface area contributed by atoms with Crippen molar-refractivity contribution >= 4 is 27.3 Å². The third-order valence-corrected chi connectivity index (χ3v) is 4.02. The van der Waals surface area contributed by atoms with Crippen LogP contribution in [-0.2, 0) is 0 Å². The van der Waals surface area contributed by atoms with Crippen molar-refractivity contribution in [2.45, 2.75) is 13.0 Å². The Kier molecular flexibility index (Phi) is 3.68. The fourth-order valence-corrected chi connectivity index (χ4v) is 2.42. The molecule has 0 amide bonds. The topological polar surface area (TPSA) is 37.8 Å². The Bertz CT molecular complexity index is 466. The van der Waals surface area contributed by atoms with Crippen LogP contribution >= 0.6 is 27.3 Å². The highest BCUT2D eigenvalue weighted by Crippen LogP contribution is 2.27. The van der Waals surface area contributed by atoms with E-state index in [9.17, 15) is 0 Å². The third-order valence-electron chi connectivity index (χ3n) is 2.34. The first-order valence-corrected chi connectivity index (χ1v) is 6.58. The van der Waals surface area contributed by atoms with E-state index >= 15 is 0 Å². The molecule has 1 N–H and O–H groups in total. The van der Waals surface area contributed by atoms with Crippen molar-refractivity contribution in [3.8, 4) is 10.6 Å². The summed E-state index contributed by atoms with van der Waals surface area (Å²) in [5, 5.41) is 13.5. The minimum atomic E-state index is 0.252. The summed E-state index contributed by atoms with van der Waals surface area (Å²) in [6.07, 6.45) is 0. The molecule has 16 heavy (non-hydrogen) atoms. The number of rotatable bonds is 3. The van der Waals surface area contributed by atoms with Gasteiger partial charge in [-0.05, 0) is 26.1 Å². The molecule has 2 rings (SSSR count). The lowest BCUT2D eigenvalue weighted by Crippen LogP contribution is -2.11. The first-order valence-electron chi connectivity index (χ1n) is 4.97. The van der Waals surface area contributed by atoms with Crippen molar-refractivity contribution in [2.24, 2.45) is 0 Å². The molecular weight excluding hydrogens is 286 g/mol. The smallest absolute Gasteiger partial charge is 0.147 e. The first kappa shape index (κ1) is 11.7. The van der Waals surface area contributed by atoms with Crippen molar-refractivity contribution in [3.05, 3.63) is 33.7 Å². The lowest BCUT2D eigenvalue weighted by molar-refractivity contribution is 0.640. The standard InChI is InChI=1S/C11H12BrN3S/c1-7(13-2)10-14-15-11(16-10)8-3-5-9(12)6-4-8/h3-7,13H,1-2H3. The number of hydrogen-bond donors (Lipinski definition) is 1. The SMILES string of the molecule is CNC(C)c1nnc(-c2ccc(Br)cc2)s1. The second-order valence-corrected chi connectivity index (χ2v) is 5.39. The van der Waals surface area contributed by atoms with Crippen molar-refractivity contribution < 1.29 is 0 Å². The van der Waals surface area contributed by atoms with Crippen LogP contribution in [0, 0.1) is 0 Å². The van der Waals surface area contributed by atoms with Crippen molar-refractivity contribution in [2.75, 3.05) is 7.05 Å². The molecule has 3 nitrogen and oxygen atoms in total. The molecule has 0 radical (unpaired) electrons. The molecule has 5 heteroatoms. The van der Waals surface area contributed by atoms with E-state index in [0.29, 0.717) is 0 Å². The molecule has 1 aromatic heterocycles. The van der Waals surface area contributed by atoms with E-state index < -0.39 is 0 Å². The number of benzene rings is 1. The summed E-state index contributed by atoms with van der Waals surface area (Å²) >= 11 is 5.04. The van der Waals surface area contributed by atoms with E-state index in [1.165, 1.54) is 0 Å². The Labute approximate surface area is 107 Å². The normalized spacial score (nSPS) is 12.7. The van der Waals surface area contributed by atoms with Crippen LogP contribution in [0.2, 0.25) is 0 Å². The van der Waals surface area contributed by atoms with Gasteiger partial charge in [0.05, 0.1) is 6.04 Å². The number of nitrogens with zero attached hydrogens (tertiary/aromatic N) is 2. The molecule has 0 saturated carbocycles. The zero-order valence-electron chi connectivity index (χ0n) is 9.07. The van der Waals surface area contributed by atoms with Crippen LogP contribution < -0.4 is 5.32 Å². The van der Waals surface area contributed by atoms with Gasteiger partial charge in [0, 0.05) is 10.0 Å². The van der Waals surface area contributed by atoms with E-state index in [1.54, 1.807) is 11.3 Å². The summed E-state index contributed by atoms with van der Waals surface area (Å²) in [4.78, 5) is 0. The second kappa shape index (κ2) is 5.03. The Morgan fingerprint density at radius 2 is 1.94 bits per heavy atom. The van der Waals surface area contributed by atoms with E-state index in [0.717, 1.165) is 20.1 Å². The average Bonchev–Trinajstić information content (AvgIpc) is 2.78. The molecular formula is C11H12BrN3S. The molecule has 84 valence electrons. The molecule has 0 bridgehead atoms. The van der Waals surface area contributed by atoms with Crippen molar-refractivity contribution in [1.29, 1.82) is 0 Å². The fourth-order valence-electron chi connectivity index (χ4n) is 1.24. The summed E-state index contributed by atoms with van der Waals surface area (Å²) in [5.74, 6) is 0. The van der Waals surface area contributed by atoms with Gasteiger partial charge in [0.2, 0.25) is 0 Å². The van der Waals surface area contributed by atoms with Gasteiger partial charge >= 0.3 is 0 Å². The fraction of sp³-hybridized carbons (Fsp3) is 0.273. The molecule has 0 saturated heterocycles. The summed E-state index contributed by atoms with van der Waals surface area (Å²) in [7, 11) is 1.92. The van der Waals surface area contributed by atoms with Gasteiger partial charge < -0.3 is 5.32 Å². The van der Waals surface area contributed by atoms with Crippen molar-refractivity contribution in [1.82, 2.24) is 15.5 Å². The quantitative estimate of drug-likeness (QED) is 0.945. The molecule has 1 atom stereocenters. The highest BCUT2D eigenvalue weighted by molar-refractivity contribution is 9.10. The van der Waals surface area contributed by atoms with Gasteiger partial charge in [-0.2, -0.15) is 0 Å². The van der Waals surface area contributed by atoms with Gasteiger partial charge in [-0.3, -0.25) is 0 Å². The number of hydrogen-bond acceptors (Lipinski definition) is 4. The summed E-state index contributed by atoms with van der Waals surface area (Å²) < 4.78 is 1.07. The van der Waals surface area contributed by atoms with Gasteiger partial charge in [0.25, 0.3) is 0 Å². The summed E-state index contributed by atoms with van der Waals surface area (Å²) in [5.41, 5.74) is 1.11. The molecule has 2 aromatic rings. The van der Waals surface area contributed by atoms with Crippen LogP contribution in [0.3, 0.4) is 0 Å². The Balaban J connectivity index is 2.28. The van der Waals surface area contributed by atoms with Gasteiger partial charge in [0.15, 0.2) is 0 Å². The molecule has 0 aliphatic carbocycles. The molecule has 1 heterocycles. The Hall–Kier alpha value is -0.780. The largest absolute Gasteiger partial charge is 0.311 e.